The zero-order chi connectivity index (χ0) is 9.97. The van der Waals surface area contributed by atoms with Gasteiger partial charge in [0.05, 0.1) is 5.25 Å². The molecule has 3 unspecified atom stereocenters. The molecule has 0 spiro atoms. The summed E-state index contributed by atoms with van der Waals surface area (Å²) in [4.78, 5) is 0. The lowest BCUT2D eigenvalue weighted by Gasteiger charge is -2.29. The predicted octanol–water partition coefficient (Wildman–Crippen LogP) is 1.95. The van der Waals surface area contributed by atoms with Gasteiger partial charge in [0.25, 0.3) is 0 Å². The van der Waals surface area contributed by atoms with Crippen LogP contribution in [-0.4, -0.2) is 20.8 Å². The highest BCUT2D eigenvalue weighted by atomic mass is 32.2. The first-order valence-electron chi connectivity index (χ1n) is 5.94. The summed E-state index contributed by atoms with van der Waals surface area (Å²) in [5.41, 5.74) is 6.05. The predicted molar refractivity (Wildman–Crippen MR) is 60.6 cm³/mol. The molecule has 0 amide bonds. The highest BCUT2D eigenvalue weighted by molar-refractivity contribution is 7.86. The number of hydrogen-bond donors (Lipinski definition) is 1. The lowest BCUT2D eigenvalue weighted by Crippen LogP contribution is -2.42. The van der Waals surface area contributed by atoms with Crippen molar-refractivity contribution in [2.75, 3.05) is 0 Å². The van der Waals surface area contributed by atoms with E-state index in [9.17, 15) is 4.21 Å². The molecule has 2 N–H and O–H groups in total. The highest BCUT2D eigenvalue weighted by Crippen LogP contribution is 2.30. The van der Waals surface area contributed by atoms with Crippen LogP contribution in [0.25, 0.3) is 0 Å². The quantitative estimate of drug-likeness (QED) is 0.765. The van der Waals surface area contributed by atoms with Crippen LogP contribution in [-0.2, 0) is 10.8 Å². The zero-order valence-corrected chi connectivity index (χ0v) is 9.60. The van der Waals surface area contributed by atoms with Crippen molar-refractivity contribution in [1.82, 2.24) is 0 Å². The summed E-state index contributed by atoms with van der Waals surface area (Å²) >= 11 is 0. The van der Waals surface area contributed by atoms with Crippen LogP contribution in [0.15, 0.2) is 0 Å². The Bertz CT molecular complexity index is 213. The molecule has 2 rings (SSSR count). The third-order valence-electron chi connectivity index (χ3n) is 3.68. The normalized spacial score (nSPS) is 37.2. The third kappa shape index (κ3) is 2.19. The monoisotopic (exact) mass is 215 g/mol. The molecule has 14 heavy (non-hydrogen) atoms. The summed E-state index contributed by atoms with van der Waals surface area (Å²) in [6.07, 6.45) is 9.56. The fourth-order valence-electron chi connectivity index (χ4n) is 2.78. The first-order valence-corrected chi connectivity index (χ1v) is 7.21. The van der Waals surface area contributed by atoms with Gasteiger partial charge in [0, 0.05) is 22.1 Å². The van der Waals surface area contributed by atoms with Crippen LogP contribution in [0.1, 0.15) is 51.4 Å². The fourth-order valence-corrected chi connectivity index (χ4v) is 4.95. The maximum Gasteiger partial charge on any atom is 0.0501 e. The van der Waals surface area contributed by atoms with Crippen LogP contribution in [0.4, 0.5) is 0 Å². The van der Waals surface area contributed by atoms with Gasteiger partial charge in [-0.2, -0.15) is 0 Å². The molecule has 2 saturated carbocycles. The largest absolute Gasteiger partial charge is 0.327 e. The Hall–Kier alpha value is 0.110. The molecule has 0 saturated heterocycles. The van der Waals surface area contributed by atoms with Crippen molar-refractivity contribution in [1.29, 1.82) is 0 Å². The first-order chi connectivity index (χ1) is 6.79. The van der Waals surface area contributed by atoms with Crippen molar-refractivity contribution >= 4 is 10.8 Å². The minimum Gasteiger partial charge on any atom is -0.327 e. The van der Waals surface area contributed by atoms with Gasteiger partial charge in [-0.1, -0.05) is 25.7 Å². The number of hydrogen-bond acceptors (Lipinski definition) is 2. The Labute approximate surface area is 89.1 Å². The van der Waals surface area contributed by atoms with Crippen LogP contribution in [0.2, 0.25) is 0 Å². The molecule has 2 aliphatic carbocycles. The van der Waals surface area contributed by atoms with Crippen LogP contribution >= 0.6 is 0 Å². The molecule has 2 nitrogen and oxygen atoms in total. The fraction of sp³-hybridized carbons (Fsp3) is 1.00. The van der Waals surface area contributed by atoms with Gasteiger partial charge in [0.15, 0.2) is 0 Å². The molecule has 0 aromatic heterocycles. The summed E-state index contributed by atoms with van der Waals surface area (Å²) in [6.45, 7) is 0. The average molecular weight is 215 g/mol. The van der Waals surface area contributed by atoms with Crippen molar-refractivity contribution in [2.24, 2.45) is 5.73 Å². The summed E-state index contributed by atoms with van der Waals surface area (Å²) in [5.74, 6) is 0. The molecule has 2 aliphatic rings. The molecule has 0 aliphatic heterocycles. The van der Waals surface area contributed by atoms with Gasteiger partial charge >= 0.3 is 0 Å². The van der Waals surface area contributed by atoms with E-state index in [2.05, 4.69) is 0 Å². The van der Waals surface area contributed by atoms with Crippen LogP contribution in [0.3, 0.4) is 0 Å². The van der Waals surface area contributed by atoms with E-state index in [4.69, 9.17) is 5.73 Å². The Morgan fingerprint density at radius 2 is 1.50 bits per heavy atom. The van der Waals surface area contributed by atoms with Crippen molar-refractivity contribution < 1.29 is 4.21 Å². The molecule has 0 aromatic carbocycles. The maximum atomic E-state index is 12.2. The highest BCUT2D eigenvalue weighted by Gasteiger charge is 2.32. The lowest BCUT2D eigenvalue weighted by atomic mass is 9.96. The van der Waals surface area contributed by atoms with Crippen molar-refractivity contribution in [2.45, 2.75) is 67.9 Å². The molecule has 3 atom stereocenters. The molecule has 0 radical (unpaired) electrons. The van der Waals surface area contributed by atoms with Crippen molar-refractivity contribution in [3.63, 3.8) is 0 Å². The summed E-state index contributed by atoms with van der Waals surface area (Å²) in [6, 6.07) is 0.213. The van der Waals surface area contributed by atoms with Gasteiger partial charge < -0.3 is 5.73 Å². The van der Waals surface area contributed by atoms with E-state index in [1.165, 1.54) is 38.5 Å². The van der Waals surface area contributed by atoms with Crippen LogP contribution in [0, 0.1) is 0 Å². The molecular formula is C11H21NOS. The van der Waals surface area contributed by atoms with Gasteiger partial charge in [0.2, 0.25) is 0 Å². The van der Waals surface area contributed by atoms with Gasteiger partial charge in [-0.05, 0) is 25.7 Å². The zero-order valence-electron chi connectivity index (χ0n) is 8.78. The van der Waals surface area contributed by atoms with Gasteiger partial charge in [0.1, 0.15) is 0 Å². The molecule has 82 valence electrons. The molecule has 0 aromatic rings. The van der Waals surface area contributed by atoms with E-state index in [0.29, 0.717) is 10.5 Å². The second kappa shape index (κ2) is 4.75. The lowest BCUT2D eigenvalue weighted by molar-refractivity contribution is 0.443. The van der Waals surface area contributed by atoms with E-state index >= 15 is 0 Å². The minimum atomic E-state index is -0.637. The van der Waals surface area contributed by atoms with E-state index in [-0.39, 0.29) is 6.04 Å². The van der Waals surface area contributed by atoms with E-state index in [1.807, 2.05) is 0 Å². The van der Waals surface area contributed by atoms with Crippen molar-refractivity contribution in [3.05, 3.63) is 0 Å². The molecule has 3 heteroatoms. The van der Waals surface area contributed by atoms with Gasteiger partial charge in [-0.3, -0.25) is 4.21 Å². The molecular weight excluding hydrogens is 194 g/mol. The van der Waals surface area contributed by atoms with Gasteiger partial charge in [-0.15, -0.1) is 0 Å². The SMILES string of the molecule is NC1CCCCC1S(=O)C1CCCC1. The molecule has 0 bridgehead atoms. The topological polar surface area (TPSA) is 43.1 Å². The summed E-state index contributed by atoms with van der Waals surface area (Å²) in [7, 11) is -0.637. The first kappa shape index (κ1) is 10.6. The summed E-state index contributed by atoms with van der Waals surface area (Å²) in [5, 5.41) is 0.788. The smallest absolute Gasteiger partial charge is 0.0501 e. The van der Waals surface area contributed by atoms with E-state index in [1.54, 1.807) is 0 Å². The standard InChI is InChI=1S/C11H21NOS/c12-10-7-3-4-8-11(10)14(13)9-5-1-2-6-9/h9-11H,1-8,12H2. The third-order valence-corrected chi connectivity index (χ3v) is 5.99. The average Bonchev–Trinajstić information content (AvgIpc) is 2.70. The number of nitrogens with two attached hydrogens (primary N) is 1. The summed E-state index contributed by atoms with van der Waals surface area (Å²) < 4.78 is 12.2. The molecule has 0 heterocycles. The Morgan fingerprint density at radius 3 is 2.14 bits per heavy atom. The second-order valence-electron chi connectivity index (χ2n) is 4.72. The van der Waals surface area contributed by atoms with Gasteiger partial charge in [-0.25, -0.2) is 0 Å². The Morgan fingerprint density at radius 1 is 0.929 bits per heavy atom. The van der Waals surface area contributed by atoms with Crippen molar-refractivity contribution in [3.8, 4) is 0 Å². The van der Waals surface area contributed by atoms with E-state index in [0.717, 1.165) is 12.8 Å². The minimum absolute atomic E-state index is 0.213. The molecule has 2 fully saturated rings. The van der Waals surface area contributed by atoms with E-state index < -0.39 is 10.8 Å². The van der Waals surface area contributed by atoms with Crippen LogP contribution in [0.5, 0.6) is 0 Å². The number of rotatable bonds is 2. The second-order valence-corrected chi connectivity index (χ2v) is 6.65. The van der Waals surface area contributed by atoms with Crippen LogP contribution < -0.4 is 5.73 Å². The maximum absolute atomic E-state index is 12.2. The Balaban J connectivity index is 1.94. The Kier molecular flexibility index (Phi) is 3.61.